The SMILES string of the molecule is O=[P@@]1(S)OCC2O[C@@H]3[C@H](F)[C@@H]2O[P@](=O)(S)OC[C@H]2O[C@H]([C@H](F)[C@@H]2O1)n1cnc2c(ncnc21)OC/C=C/COc1ncnc2c1ncn23. The number of halogens is 2. The lowest BCUT2D eigenvalue weighted by Crippen LogP contribution is -2.36. The summed E-state index contributed by atoms with van der Waals surface area (Å²) in [7, 11) is 0. The highest BCUT2D eigenvalue weighted by atomic mass is 32.7. The summed E-state index contributed by atoms with van der Waals surface area (Å²) in [5.74, 6) is 0.202. The van der Waals surface area contributed by atoms with E-state index in [1.165, 1.54) is 34.4 Å². The van der Waals surface area contributed by atoms with E-state index in [0.29, 0.717) is 0 Å². The first-order chi connectivity index (χ1) is 23.1. The van der Waals surface area contributed by atoms with Crippen LogP contribution in [0.5, 0.6) is 11.8 Å². The van der Waals surface area contributed by atoms with Gasteiger partial charge in [-0.05, 0) is 12.2 Å². The van der Waals surface area contributed by atoms with Crippen molar-refractivity contribution in [1.29, 1.82) is 0 Å². The van der Waals surface area contributed by atoms with Gasteiger partial charge in [-0.25, -0.2) is 37.8 Å². The molecule has 4 aromatic rings. The van der Waals surface area contributed by atoms with Gasteiger partial charge in [-0.2, -0.15) is 9.97 Å². The van der Waals surface area contributed by atoms with E-state index in [2.05, 4.69) is 54.4 Å². The average molecular weight is 749 g/mol. The number of hydrogen-bond acceptors (Lipinski definition) is 16. The van der Waals surface area contributed by atoms with Crippen LogP contribution >= 0.6 is 38.1 Å². The van der Waals surface area contributed by atoms with E-state index in [9.17, 15) is 9.13 Å². The Morgan fingerprint density at radius 2 is 1.12 bits per heavy atom. The maximum Gasteiger partial charge on any atom is 0.386 e. The molecule has 10 atom stereocenters. The van der Waals surface area contributed by atoms with E-state index in [4.69, 9.17) is 37.0 Å². The Hall–Kier alpha value is -2.78. The highest BCUT2D eigenvalue weighted by Gasteiger charge is 2.54. The third-order valence-corrected chi connectivity index (χ3v) is 11.1. The van der Waals surface area contributed by atoms with Crippen LogP contribution in [-0.4, -0.2) is 102 Å². The van der Waals surface area contributed by atoms with Gasteiger partial charge in [0.15, 0.2) is 47.1 Å². The summed E-state index contributed by atoms with van der Waals surface area (Å²) in [4.78, 5) is 25.2. The smallest absolute Gasteiger partial charge is 0.386 e. The topological polar surface area (TPSA) is 195 Å². The van der Waals surface area contributed by atoms with Crippen LogP contribution in [0.3, 0.4) is 0 Å². The maximum atomic E-state index is 16.2. The predicted molar refractivity (Wildman–Crippen MR) is 163 cm³/mol. The average Bonchev–Trinajstić information content (AvgIpc) is 3.81. The lowest BCUT2D eigenvalue weighted by Gasteiger charge is -2.28. The predicted octanol–water partition coefficient (Wildman–Crippen LogP) is 3.36. The second kappa shape index (κ2) is 12.5. The molecule has 3 saturated heterocycles. The number of thiol groups is 2. The Morgan fingerprint density at radius 3 is 1.56 bits per heavy atom. The molecule has 0 aliphatic carbocycles. The van der Waals surface area contributed by atoms with Crippen LogP contribution in [0.25, 0.3) is 22.3 Å². The molecule has 9 heterocycles. The number of hydrogen-bond donors (Lipinski definition) is 2. The van der Waals surface area contributed by atoms with Gasteiger partial charge in [0.1, 0.15) is 50.3 Å². The molecule has 5 aliphatic heterocycles. The summed E-state index contributed by atoms with van der Waals surface area (Å²) in [5.41, 5.74) is 0.664. The molecule has 3 fully saturated rings. The zero-order chi connectivity index (χ0) is 33.2. The van der Waals surface area contributed by atoms with Gasteiger partial charge in [0, 0.05) is 0 Å². The summed E-state index contributed by atoms with van der Waals surface area (Å²) < 4.78 is 107. The number of fused-ring (bicyclic) bond motifs is 10. The summed E-state index contributed by atoms with van der Waals surface area (Å²) in [6.45, 7) is -9.99. The number of nitrogens with zero attached hydrogens (tertiary/aromatic N) is 8. The molecule has 48 heavy (non-hydrogen) atoms. The molecule has 0 N–H and O–H groups in total. The van der Waals surface area contributed by atoms with Crippen molar-refractivity contribution in [2.75, 3.05) is 26.4 Å². The second-order valence-electron chi connectivity index (χ2n) is 10.8. The van der Waals surface area contributed by atoms with E-state index in [1.807, 2.05) is 0 Å². The largest absolute Gasteiger partial charge is 0.472 e. The minimum atomic E-state index is -4.40. The number of imidazole rings is 2. The summed E-state index contributed by atoms with van der Waals surface area (Å²) in [5, 5.41) is 0. The van der Waals surface area contributed by atoms with Gasteiger partial charge < -0.3 is 18.9 Å². The van der Waals surface area contributed by atoms with Crippen molar-refractivity contribution in [3.8, 4) is 11.8 Å². The zero-order valence-corrected chi connectivity index (χ0v) is 27.7. The fraction of sp³-hybridized carbons (Fsp3) is 0.500. The highest BCUT2D eigenvalue weighted by molar-refractivity contribution is 8.44. The van der Waals surface area contributed by atoms with E-state index in [1.54, 1.807) is 12.2 Å². The van der Waals surface area contributed by atoms with Gasteiger partial charge in [0.05, 0.1) is 25.9 Å². The van der Waals surface area contributed by atoms with Crippen molar-refractivity contribution in [3.05, 3.63) is 37.5 Å². The third-order valence-electron chi connectivity index (χ3n) is 7.85. The minimum absolute atomic E-state index is 0.0550. The van der Waals surface area contributed by atoms with Crippen LogP contribution < -0.4 is 9.47 Å². The normalized spacial score (nSPS) is 38.0. The van der Waals surface area contributed by atoms with Crippen molar-refractivity contribution < 1.29 is 55.0 Å². The molecule has 256 valence electrons. The Balaban J connectivity index is 1.21. The van der Waals surface area contributed by atoms with Crippen LogP contribution in [0, 0.1) is 0 Å². The first-order valence-electron chi connectivity index (χ1n) is 14.2. The van der Waals surface area contributed by atoms with Crippen molar-refractivity contribution in [2.45, 2.75) is 49.2 Å². The van der Waals surface area contributed by atoms with Gasteiger partial charge >= 0.3 is 13.6 Å². The van der Waals surface area contributed by atoms with Gasteiger partial charge in [-0.15, -0.1) is 0 Å². The second-order valence-corrected chi connectivity index (χ2v) is 16.5. The van der Waals surface area contributed by atoms with Gasteiger partial charge in [-0.1, -0.05) is 24.5 Å². The molecule has 0 amide bonds. The molecule has 0 radical (unpaired) electrons. The molecule has 4 aromatic heterocycles. The molecule has 0 saturated carbocycles. The standard InChI is InChI=1S/C24H24F2N8O10P2S2/c25-13-17-11-5-39-46(36,48)44-18-12(6-40-45(35,47)43-17)42-24(14(18)26)34-10-32-16-20(34)28-8-30-22(16)38-4-2-1-3-37-21-15-19(27-7-29-21)33(9-31-15)23(13)41-11/h1-2,7-14,17-18,23-24H,3-6H2,(H,35,47)(H,36,48)/b2-1+/t11-,12?,13-,14-,17-,18-,23-,24-,45-,46-/m1/s1. The minimum Gasteiger partial charge on any atom is -0.472 e. The van der Waals surface area contributed by atoms with Crippen LogP contribution in [0.15, 0.2) is 37.5 Å². The molecular formula is C24H24F2N8O10P2S2. The van der Waals surface area contributed by atoms with Crippen molar-refractivity contribution in [2.24, 2.45) is 0 Å². The van der Waals surface area contributed by atoms with Crippen molar-refractivity contribution >= 4 is 60.4 Å². The molecule has 9 rings (SSSR count). The zero-order valence-electron chi connectivity index (χ0n) is 24.1. The fourth-order valence-corrected chi connectivity index (χ4v) is 8.66. The van der Waals surface area contributed by atoms with Gasteiger partial charge in [0.25, 0.3) is 0 Å². The number of aromatic nitrogens is 8. The molecule has 18 nitrogen and oxygen atoms in total. The Labute approximate surface area is 278 Å². The lowest BCUT2D eigenvalue weighted by atomic mass is 10.1. The Kier molecular flexibility index (Phi) is 8.46. The molecule has 1 unspecified atom stereocenters. The van der Waals surface area contributed by atoms with Crippen LogP contribution in [-0.2, 0) is 36.7 Å². The fourth-order valence-electron chi connectivity index (χ4n) is 5.69. The number of rotatable bonds is 0. The van der Waals surface area contributed by atoms with Crippen molar-refractivity contribution in [3.63, 3.8) is 0 Å². The van der Waals surface area contributed by atoms with Crippen LogP contribution in [0.2, 0.25) is 0 Å². The van der Waals surface area contributed by atoms with Gasteiger partial charge in [-0.3, -0.25) is 27.2 Å². The molecular weight excluding hydrogens is 724 g/mol. The quantitative estimate of drug-likeness (QED) is 0.151. The molecule has 14 bridgehead atoms. The Morgan fingerprint density at radius 1 is 0.688 bits per heavy atom. The summed E-state index contributed by atoms with van der Waals surface area (Å²) in [6.07, 6.45) is -4.72. The van der Waals surface area contributed by atoms with E-state index >= 15 is 8.78 Å². The van der Waals surface area contributed by atoms with E-state index in [0.717, 1.165) is 0 Å². The molecule has 5 aliphatic rings. The van der Waals surface area contributed by atoms with Crippen LogP contribution in [0.4, 0.5) is 8.78 Å². The monoisotopic (exact) mass is 748 g/mol. The highest BCUT2D eigenvalue weighted by Crippen LogP contribution is 2.60. The third kappa shape index (κ3) is 5.91. The number of alkyl halides is 2. The summed E-state index contributed by atoms with van der Waals surface area (Å²) >= 11 is 8.07. The number of ether oxygens (including phenoxy) is 4. The van der Waals surface area contributed by atoms with E-state index in [-0.39, 0.29) is 47.3 Å². The first-order valence-corrected chi connectivity index (χ1v) is 19.6. The molecule has 0 aromatic carbocycles. The van der Waals surface area contributed by atoms with Crippen LogP contribution in [0.1, 0.15) is 12.5 Å². The molecule has 0 spiro atoms. The Bertz CT molecular complexity index is 1860. The molecule has 24 heteroatoms. The van der Waals surface area contributed by atoms with Crippen molar-refractivity contribution in [1.82, 2.24) is 39.0 Å². The first kappa shape index (κ1) is 32.4. The van der Waals surface area contributed by atoms with Gasteiger partial charge in [0.2, 0.25) is 11.8 Å². The summed E-state index contributed by atoms with van der Waals surface area (Å²) in [6, 6.07) is 0. The van der Waals surface area contributed by atoms with E-state index < -0.39 is 76.0 Å². The maximum absolute atomic E-state index is 16.2. The lowest BCUT2D eigenvalue weighted by molar-refractivity contribution is -0.0544.